The zero-order valence-electron chi connectivity index (χ0n) is 13.8. The van der Waals surface area contributed by atoms with Crippen LogP contribution in [0.3, 0.4) is 0 Å². The second-order valence-corrected chi connectivity index (χ2v) is 5.69. The van der Waals surface area contributed by atoms with Gasteiger partial charge in [-0.3, -0.25) is 9.59 Å². The van der Waals surface area contributed by atoms with Crippen LogP contribution in [0.5, 0.6) is 0 Å². The van der Waals surface area contributed by atoms with E-state index in [2.05, 4.69) is 10.6 Å². The van der Waals surface area contributed by atoms with Crippen molar-refractivity contribution in [2.45, 2.75) is 19.4 Å². The van der Waals surface area contributed by atoms with Crippen molar-refractivity contribution in [1.82, 2.24) is 10.6 Å². The second-order valence-electron chi connectivity index (χ2n) is 5.69. The number of hydrogen-bond donors (Lipinski definition) is 3. The predicted molar refractivity (Wildman–Crippen MR) is 94.3 cm³/mol. The Hall–Kier alpha value is -2.66. The quantitative estimate of drug-likeness (QED) is 0.721. The lowest BCUT2D eigenvalue weighted by Gasteiger charge is -2.13. The zero-order chi connectivity index (χ0) is 17.4. The average molecular weight is 325 g/mol. The molecule has 1 unspecified atom stereocenters. The molecule has 2 rings (SSSR count). The molecule has 2 aromatic rings. The minimum absolute atomic E-state index is 0.0762. The minimum Gasteiger partial charge on any atom is -0.354 e. The third kappa shape index (κ3) is 5.52. The van der Waals surface area contributed by atoms with Crippen molar-refractivity contribution >= 4 is 11.8 Å². The largest absolute Gasteiger partial charge is 0.354 e. The summed E-state index contributed by atoms with van der Waals surface area (Å²) >= 11 is 0. The lowest BCUT2D eigenvalue weighted by atomic mass is 10.1. The molecule has 5 heteroatoms. The number of nitrogens with one attached hydrogen (secondary N) is 2. The molecule has 0 bridgehead atoms. The van der Waals surface area contributed by atoms with Crippen molar-refractivity contribution < 1.29 is 9.59 Å². The fraction of sp³-hybridized carbons (Fsp3) is 0.263. The Labute approximate surface area is 142 Å². The van der Waals surface area contributed by atoms with Gasteiger partial charge in [-0.15, -0.1) is 0 Å². The van der Waals surface area contributed by atoms with E-state index in [9.17, 15) is 9.59 Å². The second kappa shape index (κ2) is 8.84. The van der Waals surface area contributed by atoms with Crippen LogP contribution in [0.15, 0.2) is 54.6 Å². The molecule has 0 fully saturated rings. The highest BCUT2D eigenvalue weighted by atomic mass is 16.2. The van der Waals surface area contributed by atoms with Gasteiger partial charge in [0, 0.05) is 6.54 Å². The molecule has 2 amide bonds. The summed E-state index contributed by atoms with van der Waals surface area (Å²) in [6.07, 6.45) is 0.753. The van der Waals surface area contributed by atoms with Crippen molar-refractivity contribution in [2.75, 3.05) is 13.1 Å². The Balaban J connectivity index is 1.70. The molecule has 1 atom stereocenters. The molecule has 0 aliphatic rings. The van der Waals surface area contributed by atoms with Crippen LogP contribution in [-0.2, 0) is 16.0 Å². The molecule has 0 saturated carbocycles. The molecule has 126 valence electrons. The van der Waals surface area contributed by atoms with E-state index in [4.69, 9.17) is 5.73 Å². The first kappa shape index (κ1) is 17.7. The molecule has 4 N–H and O–H groups in total. The van der Waals surface area contributed by atoms with E-state index in [0.717, 1.165) is 23.1 Å². The number of rotatable bonds is 7. The maximum Gasteiger partial charge on any atom is 0.241 e. The Morgan fingerprint density at radius 3 is 2.33 bits per heavy atom. The molecule has 24 heavy (non-hydrogen) atoms. The molecule has 5 nitrogen and oxygen atoms in total. The summed E-state index contributed by atoms with van der Waals surface area (Å²) in [5.41, 5.74) is 8.89. The summed E-state index contributed by atoms with van der Waals surface area (Å²) in [6, 6.07) is 16.6. The smallest absolute Gasteiger partial charge is 0.241 e. The molecular weight excluding hydrogens is 302 g/mol. The predicted octanol–water partition coefficient (Wildman–Crippen LogP) is 1.47. The Morgan fingerprint density at radius 2 is 1.67 bits per heavy atom. The molecule has 2 aromatic carbocycles. The highest BCUT2D eigenvalue weighted by molar-refractivity contribution is 5.88. The van der Waals surface area contributed by atoms with Crippen molar-refractivity contribution in [3.8, 4) is 0 Å². The molecule has 0 heterocycles. The number of nitrogens with two attached hydrogens (primary N) is 1. The highest BCUT2D eigenvalue weighted by Crippen LogP contribution is 2.11. The minimum atomic E-state index is -0.775. The van der Waals surface area contributed by atoms with E-state index in [-0.39, 0.29) is 18.4 Å². The van der Waals surface area contributed by atoms with Crippen LogP contribution in [0.1, 0.15) is 22.7 Å². The van der Waals surface area contributed by atoms with E-state index in [1.807, 2.05) is 61.5 Å². The summed E-state index contributed by atoms with van der Waals surface area (Å²) in [6.45, 7) is 2.42. The van der Waals surface area contributed by atoms with Crippen LogP contribution in [-0.4, -0.2) is 24.9 Å². The topological polar surface area (TPSA) is 84.2 Å². The summed E-state index contributed by atoms with van der Waals surface area (Å²) in [4.78, 5) is 23.8. The van der Waals surface area contributed by atoms with E-state index in [1.165, 1.54) is 0 Å². The highest BCUT2D eigenvalue weighted by Gasteiger charge is 2.16. The van der Waals surface area contributed by atoms with Gasteiger partial charge in [-0.2, -0.15) is 0 Å². The van der Waals surface area contributed by atoms with Crippen molar-refractivity contribution in [3.63, 3.8) is 0 Å². The number of aryl methyl sites for hydroxylation is 1. The van der Waals surface area contributed by atoms with Gasteiger partial charge in [-0.25, -0.2) is 0 Å². The van der Waals surface area contributed by atoms with Gasteiger partial charge < -0.3 is 16.4 Å². The standard InChI is InChI=1S/C19H23N3O2/c1-14-7-9-16(10-8-14)18(20)19(24)22-13-17(23)21-12-11-15-5-3-2-4-6-15/h2-10,18H,11-13,20H2,1H3,(H,21,23)(H,22,24). The Bertz CT molecular complexity index is 669. The molecule has 0 aliphatic heterocycles. The number of amides is 2. The number of carbonyl (C=O) groups excluding carboxylic acids is 2. The molecular formula is C19H23N3O2. The number of hydrogen-bond acceptors (Lipinski definition) is 3. The summed E-state index contributed by atoms with van der Waals surface area (Å²) in [5, 5.41) is 5.35. The van der Waals surface area contributed by atoms with Crippen molar-refractivity contribution in [3.05, 3.63) is 71.3 Å². The van der Waals surface area contributed by atoms with E-state index in [1.54, 1.807) is 0 Å². The third-order valence-electron chi connectivity index (χ3n) is 3.72. The van der Waals surface area contributed by atoms with E-state index < -0.39 is 6.04 Å². The van der Waals surface area contributed by atoms with Gasteiger partial charge in [0.15, 0.2) is 0 Å². The molecule has 0 aliphatic carbocycles. The van der Waals surface area contributed by atoms with Gasteiger partial charge in [0.2, 0.25) is 11.8 Å². The van der Waals surface area contributed by atoms with E-state index >= 15 is 0 Å². The molecule has 0 aromatic heterocycles. The van der Waals surface area contributed by atoms with E-state index in [0.29, 0.717) is 6.54 Å². The first-order valence-corrected chi connectivity index (χ1v) is 7.97. The van der Waals surface area contributed by atoms with Gasteiger partial charge in [-0.05, 0) is 24.5 Å². The lowest BCUT2D eigenvalue weighted by molar-refractivity contribution is -0.126. The van der Waals surface area contributed by atoms with Crippen LogP contribution in [0.4, 0.5) is 0 Å². The fourth-order valence-electron chi connectivity index (χ4n) is 2.26. The van der Waals surface area contributed by atoms with Gasteiger partial charge >= 0.3 is 0 Å². The maximum atomic E-state index is 12.0. The van der Waals surface area contributed by atoms with Crippen LogP contribution in [0, 0.1) is 6.92 Å². The van der Waals surface area contributed by atoms with Gasteiger partial charge in [0.1, 0.15) is 6.04 Å². The fourth-order valence-corrected chi connectivity index (χ4v) is 2.26. The van der Waals surface area contributed by atoms with Crippen molar-refractivity contribution in [2.24, 2.45) is 5.73 Å². The van der Waals surface area contributed by atoms with Gasteiger partial charge in [0.05, 0.1) is 6.54 Å². The molecule has 0 saturated heterocycles. The Kier molecular flexibility index (Phi) is 6.51. The zero-order valence-corrected chi connectivity index (χ0v) is 13.8. The first-order valence-electron chi connectivity index (χ1n) is 7.97. The van der Waals surface area contributed by atoms with Crippen LogP contribution >= 0.6 is 0 Å². The number of carbonyl (C=O) groups is 2. The molecule has 0 radical (unpaired) electrons. The lowest BCUT2D eigenvalue weighted by Crippen LogP contribution is -2.41. The monoisotopic (exact) mass is 325 g/mol. The third-order valence-corrected chi connectivity index (χ3v) is 3.72. The summed E-state index contributed by atoms with van der Waals surface area (Å²) in [5.74, 6) is -0.590. The van der Waals surface area contributed by atoms with Gasteiger partial charge in [0.25, 0.3) is 0 Å². The van der Waals surface area contributed by atoms with Gasteiger partial charge in [-0.1, -0.05) is 60.2 Å². The maximum absolute atomic E-state index is 12.0. The first-order chi connectivity index (χ1) is 11.6. The van der Waals surface area contributed by atoms with Crippen molar-refractivity contribution in [1.29, 1.82) is 0 Å². The molecule has 0 spiro atoms. The van der Waals surface area contributed by atoms with Crippen LogP contribution in [0.25, 0.3) is 0 Å². The normalized spacial score (nSPS) is 11.6. The SMILES string of the molecule is Cc1ccc(C(N)C(=O)NCC(=O)NCCc2ccccc2)cc1. The average Bonchev–Trinajstić information content (AvgIpc) is 2.60. The van der Waals surface area contributed by atoms with Crippen LogP contribution < -0.4 is 16.4 Å². The summed E-state index contributed by atoms with van der Waals surface area (Å²) in [7, 11) is 0. The number of benzene rings is 2. The summed E-state index contributed by atoms with van der Waals surface area (Å²) < 4.78 is 0. The van der Waals surface area contributed by atoms with Crippen LogP contribution in [0.2, 0.25) is 0 Å². The Morgan fingerprint density at radius 1 is 1.00 bits per heavy atom.